The number of aliphatic hydroxyl groups excluding tert-OH is 4. The molecule has 2 aromatic carbocycles. The number of halogens is 2. The first-order valence-corrected chi connectivity index (χ1v) is 9.28. The van der Waals surface area contributed by atoms with Crippen molar-refractivity contribution in [3.63, 3.8) is 0 Å². The minimum Gasteiger partial charge on any atom is -0.394 e. The highest BCUT2D eigenvalue weighted by molar-refractivity contribution is 5.26. The highest BCUT2D eigenvalue weighted by Gasteiger charge is 2.53. The van der Waals surface area contributed by atoms with Crippen molar-refractivity contribution in [3.05, 3.63) is 83.9 Å². The number of rotatable bonds is 10. The molecule has 6 nitrogen and oxygen atoms in total. The molecule has 6 N–H and O–H groups in total. The Labute approximate surface area is 173 Å². The van der Waals surface area contributed by atoms with Gasteiger partial charge in [0, 0.05) is 12.8 Å². The molecule has 0 aliphatic carbocycles. The SMILES string of the molecule is C=CC(O)(Cc1ccc(F)cc1)[C@@H](O)[C@@](O)(Cc1ccc(F)cc1)[C@H](O)[C@@H](O)CO. The van der Waals surface area contributed by atoms with E-state index >= 15 is 0 Å². The van der Waals surface area contributed by atoms with Gasteiger partial charge in [-0.05, 0) is 35.4 Å². The Morgan fingerprint density at radius 1 is 0.833 bits per heavy atom. The van der Waals surface area contributed by atoms with Gasteiger partial charge in [-0.1, -0.05) is 30.3 Å². The Kier molecular flexibility index (Phi) is 7.81. The smallest absolute Gasteiger partial charge is 0.126 e. The molecule has 0 fully saturated rings. The van der Waals surface area contributed by atoms with Crippen molar-refractivity contribution < 1.29 is 39.4 Å². The summed E-state index contributed by atoms with van der Waals surface area (Å²) in [5, 5.41) is 62.8. The Morgan fingerprint density at radius 2 is 1.27 bits per heavy atom. The molecule has 5 atom stereocenters. The average Bonchev–Trinajstić information content (AvgIpc) is 2.75. The largest absolute Gasteiger partial charge is 0.394 e. The third-order valence-electron chi connectivity index (χ3n) is 5.17. The highest BCUT2D eigenvalue weighted by Crippen LogP contribution is 2.33. The molecular formula is C22H26F2O6. The molecule has 0 saturated heterocycles. The van der Waals surface area contributed by atoms with Crippen LogP contribution < -0.4 is 0 Å². The monoisotopic (exact) mass is 424 g/mol. The van der Waals surface area contributed by atoms with Crippen molar-refractivity contribution >= 4 is 0 Å². The van der Waals surface area contributed by atoms with Gasteiger partial charge in [-0.3, -0.25) is 0 Å². The van der Waals surface area contributed by atoms with E-state index in [0.29, 0.717) is 5.56 Å². The second kappa shape index (κ2) is 9.74. The molecule has 0 aliphatic rings. The Hall–Kier alpha value is -2.20. The van der Waals surface area contributed by atoms with Crippen LogP contribution in [0.3, 0.4) is 0 Å². The van der Waals surface area contributed by atoms with Crippen LogP contribution in [0.5, 0.6) is 0 Å². The lowest BCUT2D eigenvalue weighted by Crippen LogP contribution is -2.66. The summed E-state index contributed by atoms with van der Waals surface area (Å²) in [7, 11) is 0. The van der Waals surface area contributed by atoms with E-state index in [-0.39, 0.29) is 12.0 Å². The molecule has 0 bridgehead atoms. The molecule has 0 radical (unpaired) electrons. The van der Waals surface area contributed by atoms with Crippen LogP contribution >= 0.6 is 0 Å². The van der Waals surface area contributed by atoms with Crippen molar-refractivity contribution in [2.24, 2.45) is 0 Å². The van der Waals surface area contributed by atoms with Crippen molar-refractivity contribution in [2.45, 2.75) is 42.4 Å². The van der Waals surface area contributed by atoms with Gasteiger partial charge in [0.2, 0.25) is 0 Å². The Balaban J connectivity index is 2.43. The third-order valence-corrected chi connectivity index (χ3v) is 5.17. The van der Waals surface area contributed by atoms with Crippen molar-refractivity contribution in [1.82, 2.24) is 0 Å². The summed E-state index contributed by atoms with van der Waals surface area (Å²) in [6.07, 6.45) is -5.85. The van der Waals surface area contributed by atoms with Crippen LogP contribution in [0.15, 0.2) is 61.2 Å². The molecule has 0 aliphatic heterocycles. The second-order valence-corrected chi connectivity index (χ2v) is 7.39. The van der Waals surface area contributed by atoms with E-state index in [9.17, 15) is 39.4 Å². The Morgan fingerprint density at radius 3 is 1.67 bits per heavy atom. The topological polar surface area (TPSA) is 121 Å². The third kappa shape index (κ3) is 5.28. The number of hydrogen-bond acceptors (Lipinski definition) is 6. The lowest BCUT2D eigenvalue weighted by Gasteiger charge is -2.45. The lowest BCUT2D eigenvalue weighted by atomic mass is 9.73. The van der Waals surface area contributed by atoms with E-state index in [1.54, 1.807) is 0 Å². The summed E-state index contributed by atoms with van der Waals surface area (Å²) >= 11 is 0. The van der Waals surface area contributed by atoms with Crippen molar-refractivity contribution in [2.75, 3.05) is 6.61 Å². The summed E-state index contributed by atoms with van der Waals surface area (Å²) in [4.78, 5) is 0. The van der Waals surface area contributed by atoms with E-state index < -0.39 is 54.2 Å². The lowest BCUT2D eigenvalue weighted by molar-refractivity contribution is -0.218. The summed E-state index contributed by atoms with van der Waals surface area (Å²) in [5.41, 5.74) is -4.08. The van der Waals surface area contributed by atoms with Gasteiger partial charge in [-0.15, -0.1) is 6.58 Å². The highest BCUT2D eigenvalue weighted by atomic mass is 19.1. The normalized spacial score (nSPS) is 18.7. The van der Waals surface area contributed by atoms with E-state index in [1.165, 1.54) is 24.3 Å². The van der Waals surface area contributed by atoms with Gasteiger partial charge < -0.3 is 30.6 Å². The van der Waals surface area contributed by atoms with E-state index in [2.05, 4.69) is 6.58 Å². The minimum atomic E-state index is -2.57. The maximum atomic E-state index is 13.2. The number of hydrogen-bond donors (Lipinski definition) is 6. The van der Waals surface area contributed by atoms with Gasteiger partial charge in [0.15, 0.2) is 0 Å². The van der Waals surface area contributed by atoms with Crippen LogP contribution in [0.25, 0.3) is 0 Å². The second-order valence-electron chi connectivity index (χ2n) is 7.39. The molecule has 1 unspecified atom stereocenters. The van der Waals surface area contributed by atoms with Crippen molar-refractivity contribution in [3.8, 4) is 0 Å². The summed E-state index contributed by atoms with van der Waals surface area (Å²) < 4.78 is 26.4. The fourth-order valence-electron chi connectivity index (χ4n) is 3.37. The summed E-state index contributed by atoms with van der Waals surface area (Å²) in [5.74, 6) is -1.05. The Bertz CT molecular complexity index is 829. The predicted octanol–water partition coefficient (Wildman–Crippen LogP) is 0.473. The molecule has 2 aromatic rings. The average molecular weight is 424 g/mol. The van der Waals surface area contributed by atoms with Crippen LogP contribution in [-0.2, 0) is 12.8 Å². The summed E-state index contributed by atoms with van der Waals surface area (Å²) in [6.45, 7) is 2.56. The molecule has 0 saturated carbocycles. The van der Waals surface area contributed by atoms with Gasteiger partial charge >= 0.3 is 0 Å². The van der Waals surface area contributed by atoms with Gasteiger partial charge in [0.05, 0.1) is 6.61 Å². The molecular weight excluding hydrogens is 398 g/mol. The minimum absolute atomic E-state index is 0.287. The number of benzene rings is 2. The number of aliphatic hydroxyl groups is 6. The molecule has 0 amide bonds. The van der Waals surface area contributed by atoms with Crippen LogP contribution in [0.4, 0.5) is 8.78 Å². The zero-order chi connectivity index (χ0) is 22.5. The molecule has 2 rings (SSSR count). The van der Waals surface area contributed by atoms with Crippen LogP contribution in [0.2, 0.25) is 0 Å². The van der Waals surface area contributed by atoms with Gasteiger partial charge in [0.1, 0.15) is 41.1 Å². The fraction of sp³-hybridized carbons (Fsp3) is 0.364. The first-order valence-electron chi connectivity index (χ1n) is 9.28. The van der Waals surface area contributed by atoms with Gasteiger partial charge in [0.25, 0.3) is 0 Å². The maximum absolute atomic E-state index is 13.2. The first kappa shape index (κ1) is 24.1. The predicted molar refractivity (Wildman–Crippen MR) is 105 cm³/mol. The zero-order valence-electron chi connectivity index (χ0n) is 16.2. The van der Waals surface area contributed by atoms with E-state index in [4.69, 9.17) is 0 Å². The van der Waals surface area contributed by atoms with E-state index in [1.807, 2.05) is 0 Å². The fourth-order valence-corrected chi connectivity index (χ4v) is 3.37. The van der Waals surface area contributed by atoms with Gasteiger partial charge in [-0.2, -0.15) is 0 Å². The molecule has 0 heterocycles. The summed E-state index contributed by atoms with van der Waals surface area (Å²) in [6, 6.07) is 9.87. The van der Waals surface area contributed by atoms with Crippen LogP contribution in [0, 0.1) is 11.6 Å². The molecule has 164 valence electrons. The quantitative estimate of drug-likeness (QED) is 0.309. The van der Waals surface area contributed by atoms with E-state index in [0.717, 1.165) is 30.3 Å². The van der Waals surface area contributed by atoms with Gasteiger partial charge in [-0.25, -0.2) is 8.78 Å². The first-order chi connectivity index (χ1) is 14.1. The molecule has 8 heteroatoms. The standard InChI is InChI=1S/C22H26F2O6/c1-2-21(29,11-14-3-7-16(23)8-4-14)20(28)22(30,19(27)18(26)13-25)12-15-5-9-17(24)10-6-15/h2-10,18-20,25-30H,1,11-13H2/t18-,19+,20+,21?,22+/m0/s1. The van der Waals surface area contributed by atoms with Crippen LogP contribution in [-0.4, -0.2) is 66.8 Å². The molecule has 30 heavy (non-hydrogen) atoms. The zero-order valence-corrected chi connectivity index (χ0v) is 16.2. The van der Waals surface area contributed by atoms with Crippen LogP contribution in [0.1, 0.15) is 11.1 Å². The van der Waals surface area contributed by atoms with Crippen molar-refractivity contribution in [1.29, 1.82) is 0 Å². The molecule has 0 aromatic heterocycles. The maximum Gasteiger partial charge on any atom is 0.126 e. The molecule has 0 spiro atoms.